The highest BCUT2D eigenvalue weighted by molar-refractivity contribution is 7.99. The summed E-state index contributed by atoms with van der Waals surface area (Å²) in [6, 6.07) is 9.93. The average Bonchev–Trinajstić information content (AvgIpc) is 2.88. The van der Waals surface area contributed by atoms with E-state index in [0.29, 0.717) is 5.92 Å². The fraction of sp³-hybridized carbons (Fsp3) is 0.429. The molecule has 102 valence electrons. The van der Waals surface area contributed by atoms with Crippen LogP contribution in [0.2, 0.25) is 0 Å². The van der Waals surface area contributed by atoms with Crippen LogP contribution in [0.25, 0.3) is 5.69 Å². The van der Waals surface area contributed by atoms with Gasteiger partial charge in [-0.05, 0) is 23.8 Å². The molecule has 0 saturated carbocycles. The van der Waals surface area contributed by atoms with Gasteiger partial charge in [0.2, 0.25) is 0 Å². The number of aromatic nitrogens is 3. The summed E-state index contributed by atoms with van der Waals surface area (Å²) in [5, 5.41) is 8.11. The van der Waals surface area contributed by atoms with Gasteiger partial charge in [-0.1, -0.05) is 37.3 Å². The van der Waals surface area contributed by atoms with Crippen LogP contribution in [0, 0.1) is 5.92 Å². The van der Waals surface area contributed by atoms with Gasteiger partial charge < -0.3 is 5.73 Å². The van der Waals surface area contributed by atoms with Crippen LogP contribution in [0.15, 0.2) is 36.5 Å². The van der Waals surface area contributed by atoms with Crippen LogP contribution in [-0.4, -0.2) is 26.5 Å². The second-order valence-electron chi connectivity index (χ2n) is 4.94. The Labute approximate surface area is 118 Å². The van der Waals surface area contributed by atoms with Crippen molar-refractivity contribution in [2.45, 2.75) is 19.9 Å². The Kier molecular flexibility index (Phi) is 4.99. The van der Waals surface area contributed by atoms with Gasteiger partial charge in [0.1, 0.15) is 0 Å². The third-order valence-electron chi connectivity index (χ3n) is 2.70. The molecule has 1 atom stereocenters. The topological polar surface area (TPSA) is 56.7 Å². The number of rotatable bonds is 6. The summed E-state index contributed by atoms with van der Waals surface area (Å²) in [5.41, 5.74) is 8.20. The Bertz CT molecular complexity index is 495. The summed E-state index contributed by atoms with van der Waals surface area (Å²) >= 11 is 1.88. The number of thioether (sulfide) groups is 1. The molecule has 0 spiro atoms. The van der Waals surface area contributed by atoms with Crippen molar-refractivity contribution in [1.82, 2.24) is 15.0 Å². The molecule has 0 radical (unpaired) electrons. The van der Waals surface area contributed by atoms with E-state index in [9.17, 15) is 0 Å². The third kappa shape index (κ3) is 3.81. The van der Waals surface area contributed by atoms with Crippen LogP contribution in [0.5, 0.6) is 0 Å². The van der Waals surface area contributed by atoms with Crippen molar-refractivity contribution in [3.63, 3.8) is 0 Å². The largest absolute Gasteiger partial charge is 0.322 e. The van der Waals surface area contributed by atoms with Crippen LogP contribution < -0.4 is 5.73 Å². The van der Waals surface area contributed by atoms with Crippen molar-refractivity contribution in [1.29, 1.82) is 0 Å². The fourth-order valence-corrected chi connectivity index (χ4v) is 2.81. The van der Waals surface area contributed by atoms with Gasteiger partial charge in [0.05, 0.1) is 23.6 Å². The van der Waals surface area contributed by atoms with Crippen molar-refractivity contribution in [2.24, 2.45) is 11.7 Å². The normalized spacial score (nSPS) is 12.8. The van der Waals surface area contributed by atoms with E-state index in [2.05, 4.69) is 24.2 Å². The highest BCUT2D eigenvalue weighted by Crippen LogP contribution is 2.19. The van der Waals surface area contributed by atoms with Gasteiger partial charge in [0, 0.05) is 5.75 Å². The standard InChI is InChI=1S/C14H20N4S/c1-11(2)9-19-10-13(15)14-8-16-17-18(14)12-6-4-3-5-7-12/h3-8,11,13H,9-10,15H2,1-2H3. The SMILES string of the molecule is CC(C)CSCC(N)c1cnnn1-c1ccccc1. The number of hydrogen-bond acceptors (Lipinski definition) is 4. The molecule has 2 aromatic rings. The van der Waals surface area contributed by atoms with Crippen molar-refractivity contribution in [3.8, 4) is 5.69 Å². The van der Waals surface area contributed by atoms with E-state index < -0.39 is 0 Å². The molecule has 0 aliphatic heterocycles. The molecule has 1 heterocycles. The maximum atomic E-state index is 6.24. The zero-order valence-electron chi connectivity index (χ0n) is 11.4. The molecular weight excluding hydrogens is 256 g/mol. The van der Waals surface area contributed by atoms with E-state index in [1.807, 2.05) is 46.8 Å². The molecule has 0 saturated heterocycles. The molecule has 2 rings (SSSR count). The molecule has 0 aliphatic carbocycles. The molecule has 0 bridgehead atoms. The zero-order valence-corrected chi connectivity index (χ0v) is 12.2. The highest BCUT2D eigenvalue weighted by Gasteiger charge is 2.14. The first-order valence-corrected chi connectivity index (χ1v) is 7.63. The van der Waals surface area contributed by atoms with E-state index in [1.165, 1.54) is 0 Å². The number of hydrogen-bond donors (Lipinski definition) is 1. The van der Waals surface area contributed by atoms with E-state index >= 15 is 0 Å². The Hall–Kier alpha value is -1.33. The quantitative estimate of drug-likeness (QED) is 0.881. The second kappa shape index (κ2) is 6.73. The lowest BCUT2D eigenvalue weighted by Crippen LogP contribution is -2.18. The maximum absolute atomic E-state index is 6.24. The van der Waals surface area contributed by atoms with Crippen molar-refractivity contribution < 1.29 is 0 Å². The first kappa shape index (κ1) is 14.1. The minimum Gasteiger partial charge on any atom is -0.322 e. The van der Waals surface area contributed by atoms with Crippen molar-refractivity contribution >= 4 is 11.8 Å². The van der Waals surface area contributed by atoms with Crippen molar-refractivity contribution in [3.05, 3.63) is 42.2 Å². The van der Waals surface area contributed by atoms with E-state index in [0.717, 1.165) is 22.9 Å². The predicted octanol–water partition coefficient (Wildman–Crippen LogP) is 2.66. The smallest absolute Gasteiger partial charge is 0.0821 e. The Morgan fingerprint density at radius 1 is 1.21 bits per heavy atom. The Balaban J connectivity index is 2.07. The molecule has 4 nitrogen and oxygen atoms in total. The van der Waals surface area contributed by atoms with Gasteiger partial charge in [0.25, 0.3) is 0 Å². The summed E-state index contributed by atoms with van der Waals surface area (Å²) in [7, 11) is 0. The number of nitrogens with zero attached hydrogens (tertiary/aromatic N) is 3. The van der Waals surface area contributed by atoms with Crippen LogP contribution in [0.3, 0.4) is 0 Å². The minimum atomic E-state index is -0.0426. The predicted molar refractivity (Wildman–Crippen MR) is 80.5 cm³/mol. The molecule has 0 amide bonds. The molecule has 0 fully saturated rings. The van der Waals surface area contributed by atoms with Gasteiger partial charge >= 0.3 is 0 Å². The lowest BCUT2D eigenvalue weighted by molar-refractivity contribution is 0.700. The summed E-state index contributed by atoms with van der Waals surface area (Å²) in [5.74, 6) is 2.70. The number of benzene rings is 1. The number of nitrogens with two attached hydrogens (primary N) is 1. The molecule has 0 aliphatic rings. The van der Waals surface area contributed by atoms with Gasteiger partial charge in [-0.15, -0.1) is 5.10 Å². The average molecular weight is 276 g/mol. The highest BCUT2D eigenvalue weighted by atomic mass is 32.2. The molecule has 1 aromatic heterocycles. The van der Waals surface area contributed by atoms with Gasteiger partial charge in [-0.25, -0.2) is 4.68 Å². The molecular formula is C14H20N4S. The van der Waals surface area contributed by atoms with E-state index in [4.69, 9.17) is 5.73 Å². The summed E-state index contributed by atoms with van der Waals surface area (Å²) < 4.78 is 1.82. The first-order chi connectivity index (χ1) is 9.18. The van der Waals surface area contributed by atoms with Gasteiger partial charge in [-0.3, -0.25) is 0 Å². The zero-order chi connectivity index (χ0) is 13.7. The molecule has 19 heavy (non-hydrogen) atoms. The molecule has 1 unspecified atom stereocenters. The van der Waals surface area contributed by atoms with E-state index in [-0.39, 0.29) is 6.04 Å². The third-order valence-corrected chi connectivity index (χ3v) is 4.20. The Morgan fingerprint density at radius 3 is 2.63 bits per heavy atom. The van der Waals surface area contributed by atoms with Crippen molar-refractivity contribution in [2.75, 3.05) is 11.5 Å². The van der Waals surface area contributed by atoms with Crippen LogP contribution in [0.1, 0.15) is 25.6 Å². The molecule has 5 heteroatoms. The summed E-state index contributed by atoms with van der Waals surface area (Å²) in [6.07, 6.45) is 1.76. The minimum absolute atomic E-state index is 0.0426. The molecule has 1 aromatic carbocycles. The number of para-hydroxylation sites is 1. The van der Waals surface area contributed by atoms with E-state index in [1.54, 1.807) is 6.20 Å². The second-order valence-corrected chi connectivity index (χ2v) is 6.02. The van der Waals surface area contributed by atoms with Gasteiger partial charge in [-0.2, -0.15) is 11.8 Å². The van der Waals surface area contributed by atoms with Crippen LogP contribution >= 0.6 is 11.8 Å². The van der Waals surface area contributed by atoms with Gasteiger partial charge in [0.15, 0.2) is 0 Å². The summed E-state index contributed by atoms with van der Waals surface area (Å²) in [4.78, 5) is 0. The van der Waals surface area contributed by atoms with Crippen LogP contribution in [0.4, 0.5) is 0 Å². The lowest BCUT2D eigenvalue weighted by Gasteiger charge is -2.13. The van der Waals surface area contributed by atoms with Crippen LogP contribution in [-0.2, 0) is 0 Å². The monoisotopic (exact) mass is 276 g/mol. The summed E-state index contributed by atoms with van der Waals surface area (Å²) in [6.45, 7) is 4.43. The first-order valence-electron chi connectivity index (χ1n) is 6.48. The molecule has 2 N–H and O–H groups in total. The fourth-order valence-electron chi connectivity index (χ4n) is 1.78. The Morgan fingerprint density at radius 2 is 1.95 bits per heavy atom. The maximum Gasteiger partial charge on any atom is 0.0821 e. The lowest BCUT2D eigenvalue weighted by atomic mass is 10.2.